The van der Waals surface area contributed by atoms with E-state index in [1.165, 1.54) is 17.3 Å². The lowest BCUT2D eigenvalue weighted by Crippen LogP contribution is -2.20. The van der Waals surface area contributed by atoms with Gasteiger partial charge in [0.25, 0.3) is 5.91 Å². The normalized spacial score (nSPS) is 11.4. The van der Waals surface area contributed by atoms with E-state index < -0.39 is 0 Å². The lowest BCUT2D eigenvalue weighted by Gasteiger charge is -2.19. The number of ether oxygens (including phenoxy) is 3. The number of hydrazone groups is 1. The Morgan fingerprint density at radius 3 is 2.30 bits per heavy atom. The third-order valence-corrected chi connectivity index (χ3v) is 8.06. The Morgan fingerprint density at radius 1 is 0.891 bits per heavy atom. The zero-order valence-corrected chi connectivity index (χ0v) is 27.4. The second-order valence-electron chi connectivity index (χ2n) is 11.4. The van der Waals surface area contributed by atoms with Crippen LogP contribution in [0.4, 0.5) is 0 Å². The van der Waals surface area contributed by atoms with Gasteiger partial charge < -0.3 is 14.2 Å². The van der Waals surface area contributed by atoms with Gasteiger partial charge in [-0.3, -0.25) is 9.36 Å². The van der Waals surface area contributed by atoms with Gasteiger partial charge in [-0.15, -0.1) is 10.2 Å². The van der Waals surface area contributed by atoms with E-state index in [1.54, 1.807) is 26.5 Å². The Labute approximate surface area is 273 Å². The van der Waals surface area contributed by atoms with Crippen molar-refractivity contribution >= 4 is 23.9 Å². The Balaban J connectivity index is 1.25. The Morgan fingerprint density at radius 2 is 1.63 bits per heavy atom. The molecule has 1 heterocycles. The molecule has 0 saturated heterocycles. The molecule has 0 saturated carbocycles. The van der Waals surface area contributed by atoms with Gasteiger partial charge in [0.2, 0.25) is 0 Å². The number of hydrogen-bond acceptors (Lipinski definition) is 8. The third-order valence-electron chi connectivity index (χ3n) is 7.13. The molecule has 9 nitrogen and oxygen atoms in total. The van der Waals surface area contributed by atoms with Gasteiger partial charge in [0, 0.05) is 11.3 Å². The summed E-state index contributed by atoms with van der Waals surface area (Å²) in [7, 11) is 3.22. The molecule has 0 atom stereocenters. The number of nitrogens with zero attached hydrogens (tertiary/aromatic N) is 4. The van der Waals surface area contributed by atoms with Crippen LogP contribution >= 0.6 is 11.8 Å². The maximum atomic E-state index is 12.8. The number of nitrogens with one attached hydrogen (secondary N) is 1. The highest BCUT2D eigenvalue weighted by molar-refractivity contribution is 7.99. The van der Waals surface area contributed by atoms with E-state index in [0.717, 1.165) is 28.1 Å². The van der Waals surface area contributed by atoms with Crippen LogP contribution in [-0.2, 0) is 16.8 Å². The van der Waals surface area contributed by atoms with Gasteiger partial charge in [0.15, 0.2) is 22.5 Å². The van der Waals surface area contributed by atoms with Crippen LogP contribution in [0.3, 0.4) is 0 Å². The van der Waals surface area contributed by atoms with Crippen molar-refractivity contribution < 1.29 is 19.0 Å². The summed E-state index contributed by atoms with van der Waals surface area (Å²) in [6.45, 7) is 6.97. The highest BCUT2D eigenvalue weighted by atomic mass is 32.2. The van der Waals surface area contributed by atoms with Gasteiger partial charge in [-0.25, -0.2) is 5.43 Å². The van der Waals surface area contributed by atoms with Crippen LogP contribution in [0.5, 0.6) is 17.2 Å². The fourth-order valence-electron chi connectivity index (χ4n) is 4.59. The molecule has 46 heavy (non-hydrogen) atoms. The molecule has 0 aliphatic carbocycles. The van der Waals surface area contributed by atoms with Gasteiger partial charge in [0.1, 0.15) is 12.4 Å². The molecule has 0 unspecified atom stereocenters. The first-order valence-electron chi connectivity index (χ1n) is 14.8. The van der Waals surface area contributed by atoms with Gasteiger partial charge in [-0.1, -0.05) is 87.1 Å². The monoisotopic (exact) mass is 635 g/mol. The summed E-state index contributed by atoms with van der Waals surface area (Å²) in [5.74, 6) is 2.42. The highest BCUT2D eigenvalue weighted by Crippen LogP contribution is 2.31. The molecular weight excluding hydrogens is 598 g/mol. The summed E-state index contributed by atoms with van der Waals surface area (Å²) in [5, 5.41) is 13.7. The lowest BCUT2D eigenvalue weighted by atomic mass is 9.87. The molecular formula is C36H37N5O4S. The van der Waals surface area contributed by atoms with Gasteiger partial charge in [0.05, 0.1) is 26.2 Å². The summed E-state index contributed by atoms with van der Waals surface area (Å²) in [6.07, 6.45) is 1.56. The van der Waals surface area contributed by atoms with E-state index in [2.05, 4.69) is 65.8 Å². The van der Waals surface area contributed by atoms with Crippen molar-refractivity contribution in [2.24, 2.45) is 5.10 Å². The van der Waals surface area contributed by atoms with Crippen LogP contribution in [-0.4, -0.2) is 46.9 Å². The zero-order chi connectivity index (χ0) is 32.5. The molecule has 1 N–H and O–H groups in total. The van der Waals surface area contributed by atoms with Crippen molar-refractivity contribution in [3.63, 3.8) is 0 Å². The minimum absolute atomic E-state index is 0.0332. The predicted octanol–water partition coefficient (Wildman–Crippen LogP) is 7.07. The van der Waals surface area contributed by atoms with Crippen molar-refractivity contribution in [3.8, 4) is 34.3 Å². The number of carbonyl (C=O) groups is 1. The molecule has 1 aromatic heterocycles. The smallest absolute Gasteiger partial charge is 0.250 e. The molecule has 5 rings (SSSR count). The molecule has 10 heteroatoms. The minimum Gasteiger partial charge on any atom is -0.497 e. The summed E-state index contributed by atoms with van der Waals surface area (Å²) in [4.78, 5) is 12.8. The van der Waals surface area contributed by atoms with E-state index in [1.807, 2.05) is 71.3 Å². The number of aromatic nitrogens is 3. The van der Waals surface area contributed by atoms with Crippen molar-refractivity contribution in [1.29, 1.82) is 0 Å². The van der Waals surface area contributed by atoms with Gasteiger partial charge >= 0.3 is 0 Å². The van der Waals surface area contributed by atoms with E-state index >= 15 is 0 Å². The summed E-state index contributed by atoms with van der Waals surface area (Å²) < 4.78 is 18.7. The average molecular weight is 636 g/mol. The first-order chi connectivity index (χ1) is 22.2. The van der Waals surface area contributed by atoms with E-state index in [-0.39, 0.29) is 17.1 Å². The molecule has 0 spiro atoms. The molecule has 0 aliphatic rings. The molecule has 236 valence electrons. The van der Waals surface area contributed by atoms with Crippen molar-refractivity contribution in [2.45, 2.75) is 37.9 Å². The predicted molar refractivity (Wildman–Crippen MR) is 182 cm³/mol. The maximum absolute atomic E-state index is 12.8. The maximum Gasteiger partial charge on any atom is 0.250 e. The van der Waals surface area contributed by atoms with Crippen LogP contribution in [0.1, 0.15) is 37.5 Å². The number of rotatable bonds is 12. The Kier molecular flexibility index (Phi) is 10.4. The second-order valence-corrected chi connectivity index (χ2v) is 12.4. The Hall–Kier alpha value is -5.09. The summed E-state index contributed by atoms with van der Waals surface area (Å²) in [5.41, 5.74) is 7.44. The second kappa shape index (κ2) is 14.8. The van der Waals surface area contributed by atoms with Crippen molar-refractivity contribution in [1.82, 2.24) is 20.2 Å². The minimum atomic E-state index is -0.281. The summed E-state index contributed by atoms with van der Waals surface area (Å²) >= 11 is 1.28. The fraction of sp³-hybridized carbons (Fsp3) is 0.222. The molecule has 0 fully saturated rings. The van der Waals surface area contributed by atoms with Crippen LogP contribution < -0.4 is 19.6 Å². The number of thioether (sulfide) groups is 1. The highest BCUT2D eigenvalue weighted by Gasteiger charge is 2.19. The topological polar surface area (TPSA) is 99.9 Å². The fourth-order valence-corrected chi connectivity index (χ4v) is 5.34. The number of methoxy groups -OCH3 is 2. The van der Waals surface area contributed by atoms with E-state index in [9.17, 15) is 4.79 Å². The van der Waals surface area contributed by atoms with Crippen molar-refractivity contribution in [2.75, 3.05) is 20.0 Å². The summed E-state index contributed by atoms with van der Waals surface area (Å²) in [6, 6.07) is 31.4. The van der Waals surface area contributed by atoms with Crippen LogP contribution in [0.25, 0.3) is 17.1 Å². The molecule has 0 radical (unpaired) electrons. The average Bonchev–Trinajstić information content (AvgIpc) is 3.50. The van der Waals surface area contributed by atoms with E-state index in [4.69, 9.17) is 14.2 Å². The molecule has 5 aromatic rings. The van der Waals surface area contributed by atoms with Crippen LogP contribution in [0, 0.1) is 0 Å². The SMILES string of the molecule is COc1ccc(-n2c(SCC(=O)N/N=C/c3ccc(OCc4ccccc4)c(OC)c3)nnc2-c2ccc(C(C)(C)C)cc2)cc1. The first-order valence-corrected chi connectivity index (χ1v) is 15.7. The molecule has 1 amide bonds. The number of hydrogen-bond donors (Lipinski definition) is 1. The van der Waals surface area contributed by atoms with E-state index in [0.29, 0.717) is 29.1 Å². The van der Waals surface area contributed by atoms with Crippen LogP contribution in [0.15, 0.2) is 107 Å². The number of amides is 1. The van der Waals surface area contributed by atoms with Gasteiger partial charge in [-0.05, 0) is 64.6 Å². The number of benzene rings is 4. The standard InChI is InChI=1S/C36H37N5O4S/c1-36(2,3)28-14-12-27(13-15-28)34-39-40-35(41(34)29-16-18-30(43-4)19-17-29)46-24-33(42)38-37-22-26-11-20-31(32(21-26)44-5)45-23-25-9-7-6-8-10-25/h6-22H,23-24H2,1-5H3,(H,38,42)/b37-22+. The Bertz CT molecular complexity index is 1780. The van der Waals surface area contributed by atoms with Gasteiger partial charge in [-0.2, -0.15) is 5.10 Å². The molecule has 4 aromatic carbocycles. The quantitative estimate of drug-likeness (QED) is 0.0889. The number of carbonyl (C=O) groups excluding carboxylic acids is 1. The first kappa shape index (κ1) is 32.3. The third kappa shape index (κ3) is 8.13. The molecule has 0 bridgehead atoms. The molecule has 0 aliphatic heterocycles. The van der Waals surface area contributed by atoms with Crippen molar-refractivity contribution in [3.05, 3.63) is 114 Å². The zero-order valence-electron chi connectivity index (χ0n) is 26.6. The lowest BCUT2D eigenvalue weighted by molar-refractivity contribution is -0.118. The largest absolute Gasteiger partial charge is 0.497 e. The van der Waals surface area contributed by atoms with Crippen LogP contribution in [0.2, 0.25) is 0 Å².